The van der Waals surface area contributed by atoms with Crippen molar-refractivity contribution in [2.24, 2.45) is 0 Å². The molecule has 27 heavy (non-hydrogen) atoms. The van der Waals surface area contributed by atoms with Crippen LogP contribution >= 0.6 is 11.8 Å². The van der Waals surface area contributed by atoms with Gasteiger partial charge in [-0.3, -0.25) is 24.2 Å². The second kappa shape index (κ2) is 8.99. The van der Waals surface area contributed by atoms with Gasteiger partial charge in [-0.2, -0.15) is 0 Å². The van der Waals surface area contributed by atoms with Crippen LogP contribution in [-0.4, -0.2) is 38.1 Å². The summed E-state index contributed by atoms with van der Waals surface area (Å²) in [6.45, 7) is 2.91. The standard InChI is InChI=1S/C17H18N4O5S/c1-3-11(16(25)26)27-17-20-13(18-9(2)22)12(15(24)21-17)19-14(23)10-7-5-4-6-8-10/h4-8,11H,3H2,1-2H3,(H,19,23)(H,25,26)(H2,18,20,21,22,24)/t11-/m1/s1. The Morgan fingerprint density at radius 2 is 1.89 bits per heavy atom. The highest BCUT2D eigenvalue weighted by molar-refractivity contribution is 8.00. The summed E-state index contributed by atoms with van der Waals surface area (Å²) in [4.78, 5) is 53.9. The molecule has 0 bridgehead atoms. The Hall–Kier alpha value is -3.14. The molecular formula is C17H18N4O5S. The van der Waals surface area contributed by atoms with Crippen LogP contribution in [0, 0.1) is 0 Å². The fourth-order valence-electron chi connectivity index (χ4n) is 2.10. The normalized spacial score (nSPS) is 11.5. The van der Waals surface area contributed by atoms with Crippen molar-refractivity contribution in [2.45, 2.75) is 30.7 Å². The second-order valence-corrected chi connectivity index (χ2v) is 6.64. The monoisotopic (exact) mass is 390 g/mol. The van der Waals surface area contributed by atoms with Crippen molar-refractivity contribution in [1.29, 1.82) is 0 Å². The summed E-state index contributed by atoms with van der Waals surface area (Å²) in [7, 11) is 0. The Labute approximate surface area is 158 Å². The fraction of sp³-hybridized carbons (Fsp3) is 0.235. The van der Waals surface area contributed by atoms with Gasteiger partial charge < -0.3 is 15.7 Å². The van der Waals surface area contributed by atoms with Crippen LogP contribution in [0.5, 0.6) is 0 Å². The van der Waals surface area contributed by atoms with E-state index < -0.39 is 28.6 Å². The average molecular weight is 390 g/mol. The molecule has 1 aromatic carbocycles. The van der Waals surface area contributed by atoms with Gasteiger partial charge in [-0.15, -0.1) is 0 Å². The largest absolute Gasteiger partial charge is 0.480 e. The predicted molar refractivity (Wildman–Crippen MR) is 101 cm³/mol. The molecule has 9 nitrogen and oxygen atoms in total. The Morgan fingerprint density at radius 1 is 1.22 bits per heavy atom. The molecule has 0 spiro atoms. The number of aromatic nitrogens is 2. The highest BCUT2D eigenvalue weighted by Gasteiger charge is 2.21. The number of amides is 2. The third kappa shape index (κ3) is 5.42. The molecule has 0 unspecified atom stereocenters. The maximum absolute atomic E-state index is 12.4. The zero-order valence-corrected chi connectivity index (χ0v) is 15.4. The third-order valence-corrected chi connectivity index (χ3v) is 4.60. The van der Waals surface area contributed by atoms with Crippen molar-refractivity contribution in [3.8, 4) is 0 Å². The number of hydrogen-bond acceptors (Lipinski definition) is 6. The van der Waals surface area contributed by atoms with Crippen molar-refractivity contribution in [3.63, 3.8) is 0 Å². The molecule has 2 aromatic rings. The molecule has 0 saturated carbocycles. The highest BCUT2D eigenvalue weighted by Crippen LogP contribution is 2.25. The number of hydrogen-bond donors (Lipinski definition) is 4. The molecule has 0 aliphatic carbocycles. The van der Waals surface area contributed by atoms with Crippen LogP contribution in [0.3, 0.4) is 0 Å². The molecule has 1 heterocycles. The number of carboxylic acid groups (broad SMARTS) is 1. The minimum atomic E-state index is -1.05. The maximum atomic E-state index is 12.4. The minimum absolute atomic E-state index is 0.0238. The highest BCUT2D eigenvalue weighted by atomic mass is 32.2. The molecule has 2 amide bonds. The van der Waals surface area contributed by atoms with E-state index in [4.69, 9.17) is 5.11 Å². The summed E-state index contributed by atoms with van der Waals surface area (Å²) in [5.41, 5.74) is -0.617. The fourth-order valence-corrected chi connectivity index (χ4v) is 2.93. The summed E-state index contributed by atoms with van der Waals surface area (Å²) in [5, 5.41) is 13.2. The lowest BCUT2D eigenvalue weighted by Gasteiger charge is -2.13. The van der Waals surface area contributed by atoms with Gasteiger partial charge in [0.25, 0.3) is 11.5 Å². The molecule has 142 valence electrons. The van der Waals surface area contributed by atoms with Crippen LogP contribution in [-0.2, 0) is 9.59 Å². The number of aliphatic carboxylic acids is 1. The number of carbonyl (C=O) groups excluding carboxylic acids is 2. The summed E-state index contributed by atoms with van der Waals surface area (Å²) >= 11 is 0.846. The summed E-state index contributed by atoms with van der Waals surface area (Å²) < 4.78 is 0. The number of carbonyl (C=O) groups is 3. The lowest BCUT2D eigenvalue weighted by molar-refractivity contribution is -0.136. The zero-order valence-electron chi connectivity index (χ0n) is 14.6. The zero-order chi connectivity index (χ0) is 20.0. The van der Waals surface area contributed by atoms with E-state index in [-0.39, 0.29) is 16.7 Å². The van der Waals surface area contributed by atoms with Crippen molar-refractivity contribution in [1.82, 2.24) is 9.97 Å². The number of H-pyrrole nitrogens is 1. The number of carboxylic acids is 1. The lowest BCUT2D eigenvalue weighted by atomic mass is 10.2. The first kappa shape index (κ1) is 20.2. The van der Waals surface area contributed by atoms with E-state index in [9.17, 15) is 19.2 Å². The van der Waals surface area contributed by atoms with Gasteiger partial charge >= 0.3 is 5.97 Å². The number of aromatic amines is 1. The second-order valence-electron chi connectivity index (χ2n) is 5.45. The molecule has 0 saturated heterocycles. The van der Waals surface area contributed by atoms with Gasteiger partial charge in [-0.25, -0.2) is 4.98 Å². The third-order valence-electron chi connectivity index (χ3n) is 3.37. The van der Waals surface area contributed by atoms with Crippen LogP contribution in [0.2, 0.25) is 0 Å². The van der Waals surface area contributed by atoms with Gasteiger partial charge in [-0.05, 0) is 18.6 Å². The topological polar surface area (TPSA) is 141 Å². The molecule has 4 N–H and O–H groups in total. The maximum Gasteiger partial charge on any atom is 0.317 e. The van der Waals surface area contributed by atoms with Crippen LogP contribution < -0.4 is 16.2 Å². The first-order chi connectivity index (χ1) is 12.8. The summed E-state index contributed by atoms with van der Waals surface area (Å²) in [6, 6.07) is 8.22. The molecular weight excluding hydrogens is 372 g/mol. The quantitative estimate of drug-likeness (QED) is 0.418. The van der Waals surface area contributed by atoms with E-state index >= 15 is 0 Å². The van der Waals surface area contributed by atoms with Gasteiger partial charge in [-0.1, -0.05) is 36.9 Å². The Bertz CT molecular complexity index is 913. The first-order valence-corrected chi connectivity index (χ1v) is 8.87. The number of nitrogens with zero attached hydrogens (tertiary/aromatic N) is 1. The number of rotatable bonds is 7. The summed E-state index contributed by atoms with van der Waals surface area (Å²) in [5.74, 6) is -2.25. The smallest absolute Gasteiger partial charge is 0.317 e. The van der Waals surface area contributed by atoms with Gasteiger partial charge in [0.1, 0.15) is 5.25 Å². The SMILES string of the molecule is CC[C@@H](Sc1nc(NC(C)=O)c(NC(=O)c2ccccc2)c(=O)[nH]1)C(=O)O. The summed E-state index contributed by atoms with van der Waals surface area (Å²) in [6.07, 6.45) is 0.311. The molecule has 0 radical (unpaired) electrons. The van der Waals surface area contributed by atoms with Crippen molar-refractivity contribution in [2.75, 3.05) is 10.6 Å². The molecule has 1 aromatic heterocycles. The molecule has 10 heteroatoms. The first-order valence-electron chi connectivity index (χ1n) is 7.99. The number of benzene rings is 1. The van der Waals surface area contributed by atoms with E-state index in [2.05, 4.69) is 20.6 Å². The van der Waals surface area contributed by atoms with Crippen LogP contribution in [0.15, 0.2) is 40.3 Å². The number of anilines is 2. The van der Waals surface area contributed by atoms with Crippen LogP contribution in [0.1, 0.15) is 30.6 Å². The lowest BCUT2D eigenvalue weighted by Crippen LogP contribution is -2.25. The molecule has 1 atom stereocenters. The Kier molecular flexibility index (Phi) is 6.72. The van der Waals surface area contributed by atoms with E-state index in [0.717, 1.165) is 11.8 Å². The minimum Gasteiger partial charge on any atom is -0.480 e. The molecule has 0 aliphatic heterocycles. The average Bonchev–Trinajstić information content (AvgIpc) is 2.62. The van der Waals surface area contributed by atoms with E-state index in [0.29, 0.717) is 12.0 Å². The van der Waals surface area contributed by atoms with Gasteiger partial charge in [0.15, 0.2) is 16.7 Å². The predicted octanol–water partition coefficient (Wildman–Crippen LogP) is 1.94. The van der Waals surface area contributed by atoms with Crippen LogP contribution in [0.25, 0.3) is 0 Å². The van der Waals surface area contributed by atoms with Crippen molar-refractivity contribution < 1.29 is 19.5 Å². The van der Waals surface area contributed by atoms with E-state index in [1.807, 2.05) is 0 Å². The van der Waals surface area contributed by atoms with E-state index in [1.165, 1.54) is 6.92 Å². The van der Waals surface area contributed by atoms with Crippen molar-refractivity contribution >= 4 is 41.1 Å². The van der Waals surface area contributed by atoms with Crippen LogP contribution in [0.4, 0.5) is 11.5 Å². The Morgan fingerprint density at radius 3 is 2.44 bits per heavy atom. The number of nitrogens with one attached hydrogen (secondary N) is 3. The van der Waals surface area contributed by atoms with Gasteiger partial charge in [0.2, 0.25) is 5.91 Å². The van der Waals surface area contributed by atoms with Gasteiger partial charge in [0, 0.05) is 12.5 Å². The van der Waals surface area contributed by atoms with Crippen molar-refractivity contribution in [3.05, 3.63) is 46.2 Å². The molecule has 0 fully saturated rings. The molecule has 0 aliphatic rings. The van der Waals surface area contributed by atoms with E-state index in [1.54, 1.807) is 37.3 Å². The van der Waals surface area contributed by atoms with Gasteiger partial charge in [0.05, 0.1) is 0 Å². The molecule has 2 rings (SSSR count). The Balaban J connectivity index is 2.38. The number of thioether (sulfide) groups is 1.